The lowest BCUT2D eigenvalue weighted by atomic mass is 10.3. The van der Waals surface area contributed by atoms with Crippen LogP contribution in [0.2, 0.25) is 0 Å². The van der Waals surface area contributed by atoms with Gasteiger partial charge in [-0.25, -0.2) is 8.42 Å². The van der Waals surface area contributed by atoms with Gasteiger partial charge in [-0.3, -0.25) is 4.79 Å². The van der Waals surface area contributed by atoms with E-state index in [4.69, 9.17) is 9.47 Å². The molecule has 0 bridgehead atoms. The zero-order valence-electron chi connectivity index (χ0n) is 12.2. The second kappa shape index (κ2) is 9.28. The van der Waals surface area contributed by atoms with Gasteiger partial charge >= 0.3 is 0 Å². The van der Waals surface area contributed by atoms with E-state index in [9.17, 15) is 13.2 Å². The Hall–Kier alpha value is -0.660. The molecule has 0 saturated heterocycles. The van der Waals surface area contributed by atoms with Crippen LogP contribution in [0.1, 0.15) is 20.8 Å². The summed E-state index contributed by atoms with van der Waals surface area (Å²) in [6.45, 7) is 7.81. The zero-order chi connectivity index (χ0) is 14.9. The maximum absolute atomic E-state index is 12.1. The molecular weight excluding hydrogens is 270 g/mol. The summed E-state index contributed by atoms with van der Waals surface area (Å²) in [5.41, 5.74) is 0. The molecule has 0 aliphatic carbocycles. The predicted octanol–water partition coefficient (Wildman–Crippen LogP) is 0.321. The number of hydrogen-bond acceptors (Lipinski definition) is 5. The molecule has 0 fully saturated rings. The Morgan fingerprint density at radius 3 is 1.84 bits per heavy atom. The van der Waals surface area contributed by atoms with Gasteiger partial charge in [-0.05, 0) is 20.8 Å². The van der Waals surface area contributed by atoms with Gasteiger partial charge in [-0.2, -0.15) is 0 Å². The van der Waals surface area contributed by atoms with Crippen molar-refractivity contribution in [3.8, 4) is 0 Å². The Bertz CT molecular complexity index is 345. The quantitative estimate of drug-likeness (QED) is 0.543. The van der Waals surface area contributed by atoms with Crippen LogP contribution in [0.15, 0.2) is 0 Å². The van der Waals surface area contributed by atoms with Crippen molar-refractivity contribution in [3.05, 3.63) is 0 Å². The average molecular weight is 295 g/mol. The molecule has 0 aromatic heterocycles. The summed E-state index contributed by atoms with van der Waals surface area (Å²) < 4.78 is 33.3. The van der Waals surface area contributed by atoms with E-state index in [0.717, 1.165) is 6.26 Å². The first-order chi connectivity index (χ1) is 8.84. The number of carbonyl (C=O) groups excluding carboxylic acids is 1. The van der Waals surface area contributed by atoms with Crippen molar-refractivity contribution in [2.45, 2.75) is 26.0 Å². The molecule has 0 aliphatic heterocycles. The highest BCUT2D eigenvalue weighted by molar-refractivity contribution is 7.92. The maximum Gasteiger partial charge on any atom is 0.240 e. The number of carbonyl (C=O) groups is 1. The fourth-order valence-corrected chi connectivity index (χ4v) is 1.93. The molecule has 1 amide bonds. The molecule has 0 aromatic rings. The highest BCUT2D eigenvalue weighted by atomic mass is 32.2. The van der Waals surface area contributed by atoms with E-state index in [0.29, 0.717) is 39.5 Å². The van der Waals surface area contributed by atoms with Crippen molar-refractivity contribution in [1.82, 2.24) is 4.90 Å². The van der Waals surface area contributed by atoms with Gasteiger partial charge in [-0.15, -0.1) is 0 Å². The summed E-state index contributed by atoms with van der Waals surface area (Å²) in [5.74, 6) is -0.401. The molecule has 19 heavy (non-hydrogen) atoms. The Kier molecular flexibility index (Phi) is 8.95. The van der Waals surface area contributed by atoms with Crippen molar-refractivity contribution in [1.29, 1.82) is 0 Å². The molecule has 7 heteroatoms. The lowest BCUT2D eigenvalue weighted by Gasteiger charge is -2.25. The standard InChI is InChI=1S/C12H25NO5S/c1-5-17-9-7-13(8-10-18-6-2)12(14)11(3)19(4,15)16/h11H,5-10H2,1-4H3. The number of hydrogen-bond donors (Lipinski definition) is 0. The van der Waals surface area contributed by atoms with Crippen LogP contribution in [0.4, 0.5) is 0 Å². The first kappa shape index (κ1) is 18.3. The number of sulfone groups is 1. The van der Waals surface area contributed by atoms with Gasteiger partial charge in [-0.1, -0.05) is 0 Å². The molecule has 0 aromatic carbocycles. The molecular formula is C12H25NO5S. The van der Waals surface area contributed by atoms with E-state index in [1.165, 1.54) is 11.8 Å². The Balaban J connectivity index is 4.56. The largest absolute Gasteiger partial charge is 0.380 e. The average Bonchev–Trinajstić information content (AvgIpc) is 2.34. The minimum Gasteiger partial charge on any atom is -0.380 e. The lowest BCUT2D eigenvalue weighted by Crippen LogP contribution is -2.44. The smallest absolute Gasteiger partial charge is 0.240 e. The molecule has 114 valence electrons. The highest BCUT2D eigenvalue weighted by Gasteiger charge is 2.27. The molecule has 1 atom stereocenters. The van der Waals surface area contributed by atoms with Gasteiger partial charge in [0.05, 0.1) is 13.2 Å². The van der Waals surface area contributed by atoms with Crippen LogP contribution in [0.25, 0.3) is 0 Å². The second-order valence-corrected chi connectivity index (χ2v) is 6.56. The number of amides is 1. The molecule has 1 unspecified atom stereocenters. The van der Waals surface area contributed by atoms with Crippen LogP contribution in [0, 0.1) is 0 Å². The third kappa shape index (κ3) is 7.49. The van der Waals surface area contributed by atoms with Crippen LogP contribution in [0.5, 0.6) is 0 Å². The normalized spacial score (nSPS) is 13.3. The van der Waals surface area contributed by atoms with E-state index in [1.54, 1.807) is 0 Å². The third-order valence-electron chi connectivity index (χ3n) is 2.72. The predicted molar refractivity (Wildman–Crippen MR) is 73.9 cm³/mol. The third-order valence-corrected chi connectivity index (χ3v) is 4.21. The zero-order valence-corrected chi connectivity index (χ0v) is 13.0. The topological polar surface area (TPSA) is 72.9 Å². The van der Waals surface area contributed by atoms with Gasteiger partial charge in [0.1, 0.15) is 5.25 Å². The Morgan fingerprint density at radius 2 is 1.53 bits per heavy atom. The number of rotatable bonds is 10. The van der Waals surface area contributed by atoms with Crippen LogP contribution >= 0.6 is 0 Å². The first-order valence-electron chi connectivity index (χ1n) is 6.47. The van der Waals surface area contributed by atoms with Crippen molar-refractivity contribution in [2.75, 3.05) is 45.8 Å². The molecule has 6 nitrogen and oxygen atoms in total. The van der Waals surface area contributed by atoms with Crippen LogP contribution in [0.3, 0.4) is 0 Å². The van der Waals surface area contributed by atoms with Crippen LogP contribution < -0.4 is 0 Å². The van der Waals surface area contributed by atoms with Gasteiger partial charge in [0, 0.05) is 32.6 Å². The number of nitrogens with zero attached hydrogens (tertiary/aromatic N) is 1. The summed E-state index contributed by atoms with van der Waals surface area (Å²) in [6.07, 6.45) is 1.07. The maximum atomic E-state index is 12.1. The van der Waals surface area contributed by atoms with Crippen LogP contribution in [-0.4, -0.2) is 70.2 Å². The van der Waals surface area contributed by atoms with Crippen molar-refractivity contribution >= 4 is 15.7 Å². The summed E-state index contributed by atoms with van der Waals surface area (Å²) in [7, 11) is -3.38. The van der Waals surface area contributed by atoms with Crippen molar-refractivity contribution in [3.63, 3.8) is 0 Å². The molecule has 0 spiro atoms. The minimum absolute atomic E-state index is 0.375. The summed E-state index contributed by atoms with van der Waals surface area (Å²) in [5, 5.41) is -1.03. The number of ether oxygens (including phenoxy) is 2. The van der Waals surface area contributed by atoms with Gasteiger partial charge < -0.3 is 14.4 Å². The minimum atomic E-state index is -3.38. The van der Waals surface area contributed by atoms with Gasteiger partial charge in [0.25, 0.3) is 0 Å². The van der Waals surface area contributed by atoms with E-state index in [2.05, 4.69) is 0 Å². The molecule has 0 heterocycles. The van der Waals surface area contributed by atoms with Crippen LogP contribution in [-0.2, 0) is 24.1 Å². The second-order valence-electron chi connectivity index (χ2n) is 4.19. The summed E-state index contributed by atoms with van der Waals surface area (Å²) >= 11 is 0. The van der Waals surface area contributed by atoms with E-state index in [-0.39, 0.29) is 0 Å². The fraction of sp³-hybridized carbons (Fsp3) is 0.917. The van der Waals surface area contributed by atoms with Crippen molar-refractivity contribution < 1.29 is 22.7 Å². The molecule has 0 saturated carbocycles. The first-order valence-corrected chi connectivity index (χ1v) is 8.43. The van der Waals surface area contributed by atoms with E-state index < -0.39 is 21.0 Å². The Labute approximate surface area is 116 Å². The Morgan fingerprint density at radius 1 is 1.11 bits per heavy atom. The van der Waals surface area contributed by atoms with E-state index >= 15 is 0 Å². The molecule has 0 rings (SSSR count). The molecule has 0 N–H and O–H groups in total. The molecule has 0 radical (unpaired) electrons. The summed E-state index contributed by atoms with van der Waals surface area (Å²) in [6, 6.07) is 0. The highest BCUT2D eigenvalue weighted by Crippen LogP contribution is 2.04. The fourth-order valence-electron chi connectivity index (χ4n) is 1.41. The monoisotopic (exact) mass is 295 g/mol. The summed E-state index contributed by atoms with van der Waals surface area (Å²) in [4.78, 5) is 13.6. The van der Waals surface area contributed by atoms with Gasteiger partial charge in [0.15, 0.2) is 9.84 Å². The van der Waals surface area contributed by atoms with Crippen molar-refractivity contribution in [2.24, 2.45) is 0 Å². The SMILES string of the molecule is CCOCCN(CCOCC)C(=O)C(C)S(C)(=O)=O. The molecule has 0 aliphatic rings. The van der Waals surface area contributed by atoms with E-state index in [1.807, 2.05) is 13.8 Å². The van der Waals surface area contributed by atoms with Gasteiger partial charge in [0.2, 0.25) is 5.91 Å². The lowest BCUT2D eigenvalue weighted by molar-refractivity contribution is -0.132.